The third kappa shape index (κ3) is 5.89. The SMILES string of the molecule is CN(C)Cc1ccc(CNC(=O)c2nc(NC(=O)c3nsc4ccccc34)c3n2CC(=O)N[C@H]3c2cc(F)ccc2Cl)cn1. The molecular formula is C30H26ClFN8O3S. The zero-order valence-corrected chi connectivity index (χ0v) is 25.2. The number of anilines is 1. The molecule has 0 unspecified atom stereocenters. The quantitative estimate of drug-likeness (QED) is 0.234. The van der Waals surface area contributed by atoms with Crippen molar-refractivity contribution in [1.29, 1.82) is 0 Å². The second-order valence-corrected chi connectivity index (χ2v) is 11.7. The van der Waals surface area contributed by atoms with Crippen LogP contribution in [0.15, 0.2) is 60.8 Å². The van der Waals surface area contributed by atoms with Crippen LogP contribution in [0.5, 0.6) is 0 Å². The monoisotopic (exact) mass is 632 g/mol. The van der Waals surface area contributed by atoms with Gasteiger partial charge in [-0.15, -0.1) is 0 Å². The van der Waals surface area contributed by atoms with Gasteiger partial charge in [-0.05, 0) is 61.5 Å². The van der Waals surface area contributed by atoms with Crippen LogP contribution in [0.2, 0.25) is 5.02 Å². The molecule has 14 heteroatoms. The van der Waals surface area contributed by atoms with E-state index in [0.717, 1.165) is 16.0 Å². The molecule has 224 valence electrons. The molecule has 0 spiro atoms. The summed E-state index contributed by atoms with van der Waals surface area (Å²) in [4.78, 5) is 50.8. The fraction of sp³-hybridized carbons (Fsp3) is 0.200. The predicted molar refractivity (Wildman–Crippen MR) is 164 cm³/mol. The molecule has 4 heterocycles. The van der Waals surface area contributed by atoms with Crippen molar-refractivity contribution in [3.63, 3.8) is 0 Å². The Morgan fingerprint density at radius 2 is 1.98 bits per heavy atom. The Morgan fingerprint density at radius 3 is 2.75 bits per heavy atom. The van der Waals surface area contributed by atoms with Crippen LogP contribution < -0.4 is 16.0 Å². The minimum absolute atomic E-state index is 0.0114. The number of hydrogen-bond donors (Lipinski definition) is 3. The second kappa shape index (κ2) is 12.1. The molecule has 1 atom stereocenters. The molecule has 3 aromatic heterocycles. The lowest BCUT2D eigenvalue weighted by molar-refractivity contribution is -0.123. The van der Waals surface area contributed by atoms with Gasteiger partial charge in [-0.25, -0.2) is 9.37 Å². The Hall–Kier alpha value is -4.72. The van der Waals surface area contributed by atoms with E-state index in [1.807, 2.05) is 43.3 Å². The number of benzene rings is 2. The number of hydrogen-bond acceptors (Lipinski definition) is 8. The van der Waals surface area contributed by atoms with Crippen LogP contribution in [0, 0.1) is 5.82 Å². The lowest BCUT2D eigenvalue weighted by Crippen LogP contribution is -2.41. The molecule has 44 heavy (non-hydrogen) atoms. The van der Waals surface area contributed by atoms with Crippen molar-refractivity contribution in [2.45, 2.75) is 25.7 Å². The Kier molecular flexibility index (Phi) is 8.08. The Balaban J connectivity index is 1.36. The number of imidazole rings is 1. The molecule has 0 saturated heterocycles. The van der Waals surface area contributed by atoms with Crippen molar-refractivity contribution in [1.82, 2.24) is 34.4 Å². The van der Waals surface area contributed by atoms with Crippen molar-refractivity contribution in [2.24, 2.45) is 0 Å². The van der Waals surface area contributed by atoms with E-state index in [1.165, 1.54) is 34.3 Å². The van der Waals surface area contributed by atoms with Gasteiger partial charge in [-0.1, -0.05) is 35.9 Å². The average molecular weight is 633 g/mol. The molecule has 11 nitrogen and oxygen atoms in total. The molecule has 0 saturated carbocycles. The normalized spacial score (nSPS) is 14.4. The van der Waals surface area contributed by atoms with E-state index in [2.05, 4.69) is 30.3 Å². The third-order valence-corrected chi connectivity index (χ3v) is 8.17. The highest BCUT2D eigenvalue weighted by molar-refractivity contribution is 7.13. The van der Waals surface area contributed by atoms with Crippen LogP contribution in [-0.2, 0) is 24.4 Å². The van der Waals surface area contributed by atoms with Crippen LogP contribution in [0.4, 0.5) is 10.2 Å². The molecule has 0 radical (unpaired) electrons. The number of nitrogens with one attached hydrogen (secondary N) is 3. The number of nitrogens with zero attached hydrogens (tertiary/aromatic N) is 5. The maximum Gasteiger partial charge on any atom is 0.287 e. The summed E-state index contributed by atoms with van der Waals surface area (Å²) in [5, 5.41) is 9.24. The Labute approximate surface area is 260 Å². The summed E-state index contributed by atoms with van der Waals surface area (Å²) in [6.45, 7) is 0.565. The van der Waals surface area contributed by atoms with Crippen molar-refractivity contribution in [3.05, 3.63) is 106 Å². The molecule has 5 aromatic rings. The third-order valence-electron chi connectivity index (χ3n) is 7.00. The number of carbonyl (C=O) groups is 3. The first-order chi connectivity index (χ1) is 21.2. The molecule has 2 aromatic carbocycles. The lowest BCUT2D eigenvalue weighted by Gasteiger charge is -2.28. The standard InChI is InChI=1S/C30H26ClFN8O3S/c1-39(2)14-18-9-7-16(12-33-18)13-34-30(43)28-36-27(37-29(42)25-19-5-3-4-6-22(19)44-38-25)26-24(35-23(41)15-40(26)28)20-11-17(32)8-10-21(20)31/h3-12,24H,13-15H2,1-2H3,(H,34,43)(H,35,41)(H,37,42)/t24-/m0/s1. The van der Waals surface area contributed by atoms with Crippen molar-refractivity contribution >= 4 is 56.8 Å². The number of pyridine rings is 1. The number of amides is 3. The fourth-order valence-corrected chi connectivity index (χ4v) is 6.02. The van der Waals surface area contributed by atoms with E-state index in [-0.39, 0.29) is 46.7 Å². The van der Waals surface area contributed by atoms with Gasteiger partial charge in [0, 0.05) is 35.3 Å². The zero-order valence-electron chi connectivity index (χ0n) is 23.6. The number of rotatable bonds is 8. The number of carbonyl (C=O) groups excluding carboxylic acids is 3. The smallest absolute Gasteiger partial charge is 0.287 e. The minimum Gasteiger partial charge on any atom is -0.345 e. The van der Waals surface area contributed by atoms with E-state index < -0.39 is 29.6 Å². The summed E-state index contributed by atoms with van der Waals surface area (Å²) < 4.78 is 20.9. The highest BCUT2D eigenvalue weighted by Gasteiger charge is 2.36. The molecule has 6 rings (SSSR count). The topological polar surface area (TPSA) is 134 Å². The van der Waals surface area contributed by atoms with Gasteiger partial charge in [0.15, 0.2) is 5.82 Å². The van der Waals surface area contributed by atoms with Gasteiger partial charge in [0.05, 0.1) is 22.1 Å². The van der Waals surface area contributed by atoms with Gasteiger partial charge in [0.2, 0.25) is 11.7 Å². The highest BCUT2D eigenvalue weighted by Crippen LogP contribution is 2.36. The van der Waals surface area contributed by atoms with Crippen LogP contribution >= 0.6 is 23.1 Å². The van der Waals surface area contributed by atoms with E-state index in [4.69, 9.17) is 11.6 Å². The molecule has 1 aliphatic heterocycles. The van der Waals surface area contributed by atoms with Crippen LogP contribution in [0.3, 0.4) is 0 Å². The summed E-state index contributed by atoms with van der Waals surface area (Å²) in [6.07, 6.45) is 1.68. The summed E-state index contributed by atoms with van der Waals surface area (Å²) in [5.41, 5.74) is 2.34. The van der Waals surface area contributed by atoms with Crippen LogP contribution in [0.1, 0.15) is 49.7 Å². The number of halogens is 2. The Morgan fingerprint density at radius 1 is 1.16 bits per heavy atom. The van der Waals surface area contributed by atoms with Gasteiger partial charge in [-0.3, -0.25) is 19.4 Å². The van der Waals surface area contributed by atoms with E-state index >= 15 is 0 Å². The van der Waals surface area contributed by atoms with E-state index in [0.29, 0.717) is 11.9 Å². The predicted octanol–water partition coefficient (Wildman–Crippen LogP) is 4.14. The number of fused-ring (bicyclic) bond motifs is 2. The van der Waals surface area contributed by atoms with Gasteiger partial charge < -0.3 is 25.4 Å². The van der Waals surface area contributed by atoms with E-state index in [9.17, 15) is 18.8 Å². The molecule has 0 bridgehead atoms. The van der Waals surface area contributed by atoms with Gasteiger partial charge in [-0.2, -0.15) is 4.37 Å². The summed E-state index contributed by atoms with van der Waals surface area (Å²) in [6, 6.07) is 13.8. The van der Waals surface area contributed by atoms with Gasteiger partial charge in [0.25, 0.3) is 11.8 Å². The zero-order chi connectivity index (χ0) is 31.0. The van der Waals surface area contributed by atoms with Crippen LogP contribution in [0.25, 0.3) is 10.1 Å². The average Bonchev–Trinajstić information content (AvgIpc) is 3.59. The number of aromatic nitrogens is 4. The Bertz CT molecular complexity index is 1910. The summed E-state index contributed by atoms with van der Waals surface area (Å²) in [5.74, 6) is -2.25. The maximum atomic E-state index is 14.4. The molecule has 0 aliphatic carbocycles. The highest BCUT2D eigenvalue weighted by atomic mass is 35.5. The van der Waals surface area contributed by atoms with Crippen molar-refractivity contribution in [3.8, 4) is 0 Å². The molecule has 1 aliphatic rings. The summed E-state index contributed by atoms with van der Waals surface area (Å²) >= 11 is 7.62. The van der Waals surface area contributed by atoms with Gasteiger partial charge >= 0.3 is 0 Å². The molecule has 0 fully saturated rings. The first-order valence-electron chi connectivity index (χ1n) is 13.5. The first-order valence-corrected chi connectivity index (χ1v) is 14.7. The second-order valence-electron chi connectivity index (χ2n) is 10.5. The summed E-state index contributed by atoms with van der Waals surface area (Å²) in [7, 11) is 3.90. The van der Waals surface area contributed by atoms with Gasteiger partial charge in [0.1, 0.15) is 18.1 Å². The molecule has 3 amide bonds. The maximum absolute atomic E-state index is 14.4. The van der Waals surface area contributed by atoms with Crippen LogP contribution in [-0.4, -0.2) is 55.6 Å². The van der Waals surface area contributed by atoms with E-state index in [1.54, 1.807) is 18.3 Å². The molecular weight excluding hydrogens is 607 g/mol. The molecule has 3 N–H and O–H groups in total. The fourth-order valence-electron chi connectivity index (χ4n) is 5.02. The lowest BCUT2D eigenvalue weighted by atomic mass is 10.0. The van der Waals surface area contributed by atoms with Crippen molar-refractivity contribution < 1.29 is 18.8 Å². The van der Waals surface area contributed by atoms with Crippen molar-refractivity contribution in [2.75, 3.05) is 19.4 Å². The largest absolute Gasteiger partial charge is 0.345 e. The first kappa shape index (κ1) is 29.4. The minimum atomic E-state index is -1.01.